The first-order valence-electron chi connectivity index (χ1n) is 7.07. The number of phenolic OH excluding ortho intramolecular Hbond substituents is 2. The predicted octanol–water partition coefficient (Wildman–Crippen LogP) is 3.92. The Morgan fingerprint density at radius 1 is 1.05 bits per heavy atom. The van der Waals surface area contributed by atoms with Crippen molar-refractivity contribution < 1.29 is 20.1 Å². The summed E-state index contributed by atoms with van der Waals surface area (Å²) in [6.45, 7) is 1.97. The number of hydrogen-bond acceptors (Lipinski definition) is 3. The van der Waals surface area contributed by atoms with E-state index in [4.69, 9.17) is 5.11 Å². The van der Waals surface area contributed by atoms with Crippen LogP contribution in [0, 0.1) is 0 Å². The van der Waals surface area contributed by atoms with Crippen molar-refractivity contribution >= 4 is 18.1 Å². The summed E-state index contributed by atoms with van der Waals surface area (Å²) < 4.78 is 0. The minimum Gasteiger partial charge on any atom is -0.508 e. The van der Waals surface area contributed by atoms with E-state index in [1.165, 1.54) is 6.07 Å². The zero-order valence-electron chi connectivity index (χ0n) is 12.3. The van der Waals surface area contributed by atoms with Crippen LogP contribution in [0.2, 0.25) is 0 Å². The highest BCUT2D eigenvalue weighted by atomic mass is 16.4. The van der Waals surface area contributed by atoms with Crippen molar-refractivity contribution in [2.75, 3.05) is 0 Å². The first-order valence-corrected chi connectivity index (χ1v) is 7.07. The maximum atomic E-state index is 10.9. The highest BCUT2D eigenvalue weighted by Crippen LogP contribution is 2.30. The molecule has 4 heteroatoms. The summed E-state index contributed by atoms with van der Waals surface area (Å²) in [7, 11) is 0. The van der Waals surface area contributed by atoms with Crippen LogP contribution in [-0.2, 0) is 6.42 Å². The van der Waals surface area contributed by atoms with Crippen molar-refractivity contribution in [3.63, 3.8) is 0 Å². The summed E-state index contributed by atoms with van der Waals surface area (Å²) >= 11 is 0. The quantitative estimate of drug-likeness (QED) is 0.731. The molecular formula is C18H18O4. The van der Waals surface area contributed by atoms with Gasteiger partial charge in [0.05, 0.1) is 5.56 Å². The van der Waals surface area contributed by atoms with Crippen molar-refractivity contribution in [2.45, 2.75) is 19.8 Å². The SMILES string of the molecule is CCCc1c(O)cc(C=Cc2cccc(C(=O)O)c2)cc1O. The molecule has 0 aromatic heterocycles. The standard InChI is InChI=1S/C18H18O4/c1-2-4-15-16(19)10-13(11-17(15)20)8-7-12-5-3-6-14(9-12)18(21)22/h3,5-11,19-20H,2,4H2,1H3,(H,21,22). The molecule has 0 radical (unpaired) electrons. The fourth-order valence-corrected chi connectivity index (χ4v) is 2.23. The highest BCUT2D eigenvalue weighted by Gasteiger charge is 2.08. The van der Waals surface area contributed by atoms with Crippen LogP contribution in [0.5, 0.6) is 11.5 Å². The maximum Gasteiger partial charge on any atom is 0.335 e. The lowest BCUT2D eigenvalue weighted by molar-refractivity contribution is 0.0697. The van der Waals surface area contributed by atoms with E-state index in [2.05, 4.69) is 0 Å². The average molecular weight is 298 g/mol. The fraction of sp³-hybridized carbons (Fsp3) is 0.167. The largest absolute Gasteiger partial charge is 0.508 e. The minimum absolute atomic E-state index is 0.0702. The molecule has 4 nitrogen and oxygen atoms in total. The topological polar surface area (TPSA) is 77.8 Å². The molecule has 3 N–H and O–H groups in total. The molecule has 0 atom stereocenters. The summed E-state index contributed by atoms with van der Waals surface area (Å²) in [6.07, 6.45) is 4.90. The molecule has 2 aromatic carbocycles. The summed E-state index contributed by atoms with van der Waals surface area (Å²) in [6, 6.07) is 9.71. The zero-order valence-corrected chi connectivity index (χ0v) is 12.3. The van der Waals surface area contributed by atoms with Gasteiger partial charge in [-0.25, -0.2) is 4.79 Å². The molecule has 0 fully saturated rings. The zero-order chi connectivity index (χ0) is 16.1. The maximum absolute atomic E-state index is 10.9. The third kappa shape index (κ3) is 3.67. The Kier molecular flexibility index (Phi) is 4.84. The number of hydrogen-bond donors (Lipinski definition) is 3. The summed E-state index contributed by atoms with van der Waals surface area (Å²) in [5.41, 5.74) is 2.14. The molecule has 2 aromatic rings. The van der Waals surface area contributed by atoms with E-state index < -0.39 is 5.97 Å². The molecule has 0 bridgehead atoms. The van der Waals surface area contributed by atoms with Gasteiger partial charge in [0, 0.05) is 5.56 Å². The van der Waals surface area contributed by atoms with Crippen molar-refractivity contribution in [1.82, 2.24) is 0 Å². The van der Waals surface area contributed by atoms with Gasteiger partial charge in [-0.1, -0.05) is 37.6 Å². The molecule has 0 amide bonds. The predicted molar refractivity (Wildman–Crippen MR) is 86.1 cm³/mol. The van der Waals surface area contributed by atoms with Crippen molar-refractivity contribution in [2.24, 2.45) is 0 Å². The van der Waals surface area contributed by atoms with E-state index in [-0.39, 0.29) is 17.1 Å². The first-order chi connectivity index (χ1) is 10.5. The molecule has 0 aliphatic heterocycles. The van der Waals surface area contributed by atoms with Gasteiger partial charge in [0.25, 0.3) is 0 Å². The third-order valence-corrected chi connectivity index (χ3v) is 3.33. The van der Waals surface area contributed by atoms with Gasteiger partial charge in [-0.2, -0.15) is 0 Å². The van der Waals surface area contributed by atoms with E-state index in [0.29, 0.717) is 17.5 Å². The summed E-state index contributed by atoms with van der Waals surface area (Å²) in [5.74, 6) is -0.837. The second-order valence-electron chi connectivity index (χ2n) is 5.05. The summed E-state index contributed by atoms with van der Waals surface area (Å²) in [4.78, 5) is 10.9. The van der Waals surface area contributed by atoms with Crippen LogP contribution in [-0.4, -0.2) is 21.3 Å². The minimum atomic E-state index is -0.977. The van der Waals surface area contributed by atoms with Crippen LogP contribution in [0.4, 0.5) is 0 Å². The van der Waals surface area contributed by atoms with Crippen molar-refractivity contribution in [3.8, 4) is 11.5 Å². The van der Waals surface area contributed by atoms with Crippen LogP contribution in [0.1, 0.15) is 40.4 Å². The second kappa shape index (κ2) is 6.80. The summed E-state index contributed by atoms with van der Waals surface area (Å²) in [5, 5.41) is 28.8. The van der Waals surface area contributed by atoms with Crippen LogP contribution in [0.15, 0.2) is 36.4 Å². The van der Waals surface area contributed by atoms with Gasteiger partial charge in [-0.3, -0.25) is 0 Å². The molecule has 0 heterocycles. The Balaban J connectivity index is 2.27. The smallest absolute Gasteiger partial charge is 0.335 e. The molecule has 0 aliphatic rings. The van der Waals surface area contributed by atoms with E-state index >= 15 is 0 Å². The number of carboxylic acids is 1. The van der Waals surface area contributed by atoms with Gasteiger partial charge in [0.15, 0.2) is 0 Å². The Morgan fingerprint density at radius 3 is 2.27 bits per heavy atom. The monoisotopic (exact) mass is 298 g/mol. The first kappa shape index (κ1) is 15.6. The van der Waals surface area contributed by atoms with Gasteiger partial charge >= 0.3 is 5.97 Å². The van der Waals surface area contributed by atoms with Gasteiger partial charge in [-0.15, -0.1) is 0 Å². The van der Waals surface area contributed by atoms with Gasteiger partial charge in [0.1, 0.15) is 11.5 Å². The van der Waals surface area contributed by atoms with Crippen molar-refractivity contribution in [1.29, 1.82) is 0 Å². The molecule has 2 rings (SSSR count). The van der Waals surface area contributed by atoms with Crippen LogP contribution in [0.3, 0.4) is 0 Å². The number of carbonyl (C=O) groups is 1. The molecule has 0 saturated carbocycles. The van der Waals surface area contributed by atoms with Gasteiger partial charge < -0.3 is 15.3 Å². The van der Waals surface area contributed by atoms with E-state index in [1.807, 2.05) is 6.92 Å². The molecule has 22 heavy (non-hydrogen) atoms. The second-order valence-corrected chi connectivity index (χ2v) is 5.05. The third-order valence-electron chi connectivity index (χ3n) is 3.33. The molecule has 114 valence electrons. The number of rotatable bonds is 5. The van der Waals surface area contributed by atoms with Crippen molar-refractivity contribution in [3.05, 3.63) is 58.7 Å². The Labute approximate surface area is 129 Å². The van der Waals surface area contributed by atoms with Crippen LogP contribution < -0.4 is 0 Å². The van der Waals surface area contributed by atoms with Gasteiger partial charge in [0.2, 0.25) is 0 Å². The van der Waals surface area contributed by atoms with E-state index in [1.54, 1.807) is 42.5 Å². The molecule has 0 aliphatic carbocycles. The highest BCUT2D eigenvalue weighted by molar-refractivity contribution is 5.88. The Hall–Kier alpha value is -2.75. The number of carboxylic acid groups (broad SMARTS) is 1. The molecule has 0 spiro atoms. The van der Waals surface area contributed by atoms with E-state index in [0.717, 1.165) is 12.0 Å². The lowest BCUT2D eigenvalue weighted by Gasteiger charge is -2.07. The number of aromatic hydroxyl groups is 2. The van der Waals surface area contributed by atoms with Gasteiger partial charge in [-0.05, 0) is 41.8 Å². The number of benzene rings is 2. The van der Waals surface area contributed by atoms with Crippen LogP contribution in [0.25, 0.3) is 12.2 Å². The lowest BCUT2D eigenvalue weighted by atomic mass is 10.0. The average Bonchev–Trinajstić information content (AvgIpc) is 2.49. The number of aromatic carboxylic acids is 1. The fourth-order valence-electron chi connectivity index (χ4n) is 2.23. The Morgan fingerprint density at radius 2 is 1.68 bits per heavy atom. The molecular weight excluding hydrogens is 280 g/mol. The lowest BCUT2D eigenvalue weighted by Crippen LogP contribution is -1.95. The Bertz CT molecular complexity index is 694. The molecule has 0 saturated heterocycles. The molecule has 0 unspecified atom stereocenters. The normalized spacial score (nSPS) is 11.0. The van der Waals surface area contributed by atoms with Crippen LogP contribution >= 0.6 is 0 Å². The van der Waals surface area contributed by atoms with E-state index in [9.17, 15) is 15.0 Å². The number of phenols is 2.